The molecule has 0 unspecified atom stereocenters. The third kappa shape index (κ3) is 5.01. The zero-order valence-electron chi connectivity index (χ0n) is 16.9. The van der Waals surface area contributed by atoms with Crippen molar-refractivity contribution < 1.29 is 17.6 Å². The normalized spacial score (nSPS) is 11.2. The fourth-order valence-electron chi connectivity index (χ4n) is 2.97. The summed E-state index contributed by atoms with van der Waals surface area (Å²) in [7, 11) is -3.86. The minimum absolute atomic E-state index is 0.0593. The zero-order chi connectivity index (χ0) is 22.7. The van der Waals surface area contributed by atoms with Crippen molar-refractivity contribution in [2.24, 2.45) is 0 Å². The number of nitrogens with one attached hydrogen (secondary N) is 2. The number of benzene rings is 3. The Hall–Kier alpha value is -3.56. The highest BCUT2D eigenvalue weighted by atomic mass is 32.2. The number of carbonyl (C=O) groups is 1. The van der Waals surface area contributed by atoms with Crippen molar-refractivity contribution in [1.29, 1.82) is 0 Å². The average molecular weight is 468 g/mol. The molecule has 0 saturated carbocycles. The summed E-state index contributed by atoms with van der Waals surface area (Å²) in [5.41, 5.74) is 3.02. The number of nitrogens with zero attached hydrogens (tertiary/aromatic N) is 1. The molecule has 1 amide bonds. The summed E-state index contributed by atoms with van der Waals surface area (Å²) >= 11 is 1.56. The Morgan fingerprint density at radius 2 is 1.69 bits per heavy atom. The van der Waals surface area contributed by atoms with Crippen LogP contribution >= 0.6 is 11.3 Å². The lowest BCUT2D eigenvalue weighted by Crippen LogP contribution is -2.14. The molecule has 2 N–H and O–H groups in total. The second-order valence-corrected chi connectivity index (χ2v) is 9.67. The Kier molecular flexibility index (Phi) is 6.02. The first-order valence-corrected chi connectivity index (χ1v) is 11.9. The number of rotatable bonds is 6. The SMILES string of the molecule is Cc1nc(-c2cccc(NC(=O)c3ccc(NS(=O)(=O)c4ccc(F)cc4)cc3)c2)cs1. The molecule has 0 bridgehead atoms. The number of aromatic nitrogens is 1. The fourth-order valence-corrected chi connectivity index (χ4v) is 4.65. The van der Waals surface area contributed by atoms with Crippen molar-refractivity contribution in [2.75, 3.05) is 10.0 Å². The van der Waals surface area contributed by atoms with Crippen LogP contribution < -0.4 is 10.0 Å². The van der Waals surface area contributed by atoms with Gasteiger partial charge in [0.2, 0.25) is 0 Å². The highest BCUT2D eigenvalue weighted by Crippen LogP contribution is 2.24. The van der Waals surface area contributed by atoms with E-state index in [1.165, 1.54) is 36.4 Å². The summed E-state index contributed by atoms with van der Waals surface area (Å²) in [5, 5.41) is 5.76. The van der Waals surface area contributed by atoms with E-state index in [1.807, 2.05) is 30.5 Å². The Bertz CT molecular complexity index is 1370. The highest BCUT2D eigenvalue weighted by Gasteiger charge is 2.15. The molecular weight excluding hydrogens is 449 g/mol. The number of sulfonamides is 1. The molecule has 0 aliphatic heterocycles. The maximum Gasteiger partial charge on any atom is 0.261 e. The Morgan fingerprint density at radius 3 is 2.34 bits per heavy atom. The molecule has 3 aromatic carbocycles. The maximum atomic E-state index is 13.0. The van der Waals surface area contributed by atoms with Crippen LogP contribution in [0.5, 0.6) is 0 Å². The Morgan fingerprint density at radius 1 is 0.969 bits per heavy atom. The van der Waals surface area contributed by atoms with Gasteiger partial charge in [-0.3, -0.25) is 9.52 Å². The summed E-state index contributed by atoms with van der Waals surface area (Å²) < 4.78 is 40.3. The summed E-state index contributed by atoms with van der Waals surface area (Å²) in [4.78, 5) is 17.0. The third-order valence-corrected chi connectivity index (χ3v) is 6.73. The Balaban J connectivity index is 1.45. The number of anilines is 2. The van der Waals surface area contributed by atoms with E-state index in [1.54, 1.807) is 17.4 Å². The van der Waals surface area contributed by atoms with Gasteiger partial charge < -0.3 is 5.32 Å². The summed E-state index contributed by atoms with van der Waals surface area (Å²) in [6, 6.07) is 17.9. The van der Waals surface area contributed by atoms with E-state index in [2.05, 4.69) is 15.0 Å². The molecule has 0 spiro atoms. The first kappa shape index (κ1) is 21.7. The van der Waals surface area contributed by atoms with E-state index in [0.29, 0.717) is 11.3 Å². The molecule has 6 nitrogen and oxygen atoms in total. The topological polar surface area (TPSA) is 88.2 Å². The van der Waals surface area contributed by atoms with Crippen LogP contribution in [0.3, 0.4) is 0 Å². The molecule has 4 rings (SSSR count). The average Bonchev–Trinajstić information content (AvgIpc) is 3.21. The number of carbonyl (C=O) groups excluding carboxylic acids is 1. The van der Waals surface area contributed by atoms with Crippen molar-refractivity contribution in [3.8, 4) is 11.3 Å². The van der Waals surface area contributed by atoms with Crippen LogP contribution in [0.25, 0.3) is 11.3 Å². The number of amides is 1. The number of aryl methyl sites for hydroxylation is 1. The molecule has 0 atom stereocenters. The predicted octanol–water partition coefficient (Wildman–Crippen LogP) is 5.31. The lowest BCUT2D eigenvalue weighted by atomic mass is 10.1. The lowest BCUT2D eigenvalue weighted by Gasteiger charge is -2.10. The van der Waals surface area contributed by atoms with Crippen LogP contribution in [0, 0.1) is 12.7 Å². The number of hydrogen-bond donors (Lipinski definition) is 2. The van der Waals surface area contributed by atoms with Crippen LogP contribution in [0.4, 0.5) is 15.8 Å². The van der Waals surface area contributed by atoms with Gasteiger partial charge in [-0.15, -0.1) is 11.3 Å². The van der Waals surface area contributed by atoms with Gasteiger partial charge in [0, 0.05) is 27.9 Å². The minimum Gasteiger partial charge on any atom is -0.322 e. The van der Waals surface area contributed by atoms with Crippen molar-refractivity contribution in [3.05, 3.63) is 94.6 Å². The van der Waals surface area contributed by atoms with Crippen LogP contribution in [0.1, 0.15) is 15.4 Å². The van der Waals surface area contributed by atoms with Crippen LogP contribution in [0.15, 0.2) is 83.1 Å². The third-order valence-electron chi connectivity index (χ3n) is 4.56. The van der Waals surface area contributed by atoms with Crippen molar-refractivity contribution in [3.63, 3.8) is 0 Å². The van der Waals surface area contributed by atoms with Gasteiger partial charge in [-0.25, -0.2) is 17.8 Å². The molecule has 0 saturated heterocycles. The standard InChI is InChI=1S/C23H18FN3O3S2/c1-15-25-22(14-31-15)17-3-2-4-20(13-17)26-23(28)16-5-9-19(10-6-16)27-32(29,30)21-11-7-18(24)8-12-21/h2-14,27H,1H3,(H,26,28). The van der Waals surface area contributed by atoms with E-state index in [0.717, 1.165) is 28.4 Å². The van der Waals surface area contributed by atoms with Gasteiger partial charge in [-0.05, 0) is 67.6 Å². The molecular formula is C23H18FN3O3S2. The van der Waals surface area contributed by atoms with Crippen LogP contribution in [-0.2, 0) is 10.0 Å². The van der Waals surface area contributed by atoms with Crippen molar-refractivity contribution in [2.45, 2.75) is 11.8 Å². The quantitative estimate of drug-likeness (QED) is 0.402. The van der Waals surface area contributed by atoms with E-state index < -0.39 is 15.8 Å². The monoisotopic (exact) mass is 467 g/mol. The second kappa shape index (κ2) is 8.89. The molecule has 0 aliphatic rings. The van der Waals surface area contributed by atoms with Crippen LogP contribution in [0.2, 0.25) is 0 Å². The van der Waals surface area contributed by atoms with E-state index in [-0.39, 0.29) is 16.5 Å². The first-order valence-electron chi connectivity index (χ1n) is 9.52. The number of hydrogen-bond acceptors (Lipinski definition) is 5. The second-order valence-electron chi connectivity index (χ2n) is 6.92. The Labute approximate surface area is 188 Å². The molecule has 32 heavy (non-hydrogen) atoms. The minimum atomic E-state index is -3.86. The zero-order valence-corrected chi connectivity index (χ0v) is 18.5. The van der Waals surface area contributed by atoms with Gasteiger partial charge in [-0.2, -0.15) is 0 Å². The van der Waals surface area contributed by atoms with Gasteiger partial charge in [0.05, 0.1) is 15.6 Å². The largest absolute Gasteiger partial charge is 0.322 e. The summed E-state index contributed by atoms with van der Waals surface area (Å²) in [6.07, 6.45) is 0. The van der Waals surface area contributed by atoms with E-state index in [9.17, 15) is 17.6 Å². The number of halogens is 1. The molecule has 1 aromatic heterocycles. The number of thiazole rings is 1. The molecule has 4 aromatic rings. The van der Waals surface area contributed by atoms with Crippen LogP contribution in [-0.4, -0.2) is 19.3 Å². The smallest absolute Gasteiger partial charge is 0.261 e. The highest BCUT2D eigenvalue weighted by molar-refractivity contribution is 7.92. The maximum absolute atomic E-state index is 13.0. The van der Waals surface area contributed by atoms with Gasteiger partial charge in [0.15, 0.2) is 0 Å². The fraction of sp³-hybridized carbons (Fsp3) is 0.0435. The molecule has 162 valence electrons. The van der Waals surface area contributed by atoms with E-state index >= 15 is 0 Å². The molecule has 0 fully saturated rings. The van der Waals surface area contributed by atoms with E-state index in [4.69, 9.17) is 0 Å². The first-order chi connectivity index (χ1) is 15.3. The predicted molar refractivity (Wildman–Crippen MR) is 124 cm³/mol. The lowest BCUT2D eigenvalue weighted by molar-refractivity contribution is 0.102. The van der Waals surface area contributed by atoms with Gasteiger partial charge in [0.25, 0.3) is 15.9 Å². The van der Waals surface area contributed by atoms with Gasteiger partial charge in [0.1, 0.15) is 5.82 Å². The van der Waals surface area contributed by atoms with Gasteiger partial charge in [-0.1, -0.05) is 12.1 Å². The molecule has 0 radical (unpaired) electrons. The molecule has 0 aliphatic carbocycles. The molecule has 9 heteroatoms. The summed E-state index contributed by atoms with van der Waals surface area (Å²) in [6.45, 7) is 1.93. The van der Waals surface area contributed by atoms with Crippen molar-refractivity contribution >= 4 is 38.6 Å². The molecule has 1 heterocycles. The van der Waals surface area contributed by atoms with Gasteiger partial charge >= 0.3 is 0 Å². The summed E-state index contributed by atoms with van der Waals surface area (Å²) in [5.74, 6) is -0.851. The van der Waals surface area contributed by atoms with Crippen molar-refractivity contribution in [1.82, 2.24) is 4.98 Å².